The fraction of sp³-hybridized carbons (Fsp3) is 0.154. The van der Waals surface area contributed by atoms with Crippen molar-refractivity contribution in [3.05, 3.63) is 52.1 Å². The molecule has 0 aliphatic heterocycles. The highest BCUT2D eigenvalue weighted by Gasteiger charge is 2.14. The van der Waals surface area contributed by atoms with Crippen LogP contribution in [0, 0.1) is 5.82 Å². The van der Waals surface area contributed by atoms with E-state index in [4.69, 9.17) is 10.5 Å². The minimum atomic E-state index is -0.936. The molecule has 1 amide bonds. The first-order chi connectivity index (χ1) is 9.52. The van der Waals surface area contributed by atoms with Crippen molar-refractivity contribution in [3.8, 4) is 11.6 Å². The summed E-state index contributed by atoms with van der Waals surface area (Å²) in [6.45, 7) is 2.04. The highest BCUT2D eigenvalue weighted by Crippen LogP contribution is 2.15. The zero-order chi connectivity index (χ0) is 14.7. The molecule has 0 radical (unpaired) electrons. The zero-order valence-corrected chi connectivity index (χ0v) is 10.7. The Morgan fingerprint density at radius 1 is 1.40 bits per heavy atom. The second-order valence-electron chi connectivity index (χ2n) is 3.88. The second-order valence-corrected chi connectivity index (χ2v) is 3.88. The van der Waals surface area contributed by atoms with Crippen molar-refractivity contribution in [3.63, 3.8) is 0 Å². The molecule has 0 fully saturated rings. The lowest BCUT2D eigenvalue weighted by Crippen LogP contribution is -2.27. The van der Waals surface area contributed by atoms with Gasteiger partial charge in [-0.1, -0.05) is 0 Å². The van der Waals surface area contributed by atoms with Gasteiger partial charge >= 0.3 is 0 Å². The third-order valence-corrected chi connectivity index (χ3v) is 2.49. The molecule has 1 heterocycles. The number of aromatic nitrogens is 2. The molecule has 7 heteroatoms. The summed E-state index contributed by atoms with van der Waals surface area (Å²) in [6.07, 6.45) is 0. The Kier molecular flexibility index (Phi) is 3.79. The van der Waals surface area contributed by atoms with E-state index in [1.807, 2.05) is 0 Å². The maximum atomic E-state index is 12.9. The smallest absolute Gasteiger partial charge is 0.273 e. The summed E-state index contributed by atoms with van der Waals surface area (Å²) < 4.78 is 19.5. The number of ether oxygens (including phenoxy) is 1. The van der Waals surface area contributed by atoms with Crippen LogP contribution in [0.1, 0.15) is 17.4 Å². The lowest BCUT2D eigenvalue weighted by molar-refractivity contribution is 0.0992. The molecule has 1 aromatic carbocycles. The molecule has 0 saturated carbocycles. The van der Waals surface area contributed by atoms with Crippen molar-refractivity contribution in [1.29, 1.82) is 0 Å². The summed E-state index contributed by atoms with van der Waals surface area (Å²) in [5.41, 5.74) is 4.51. The van der Waals surface area contributed by atoms with Crippen LogP contribution in [0.25, 0.3) is 5.69 Å². The molecule has 6 nitrogen and oxygen atoms in total. The van der Waals surface area contributed by atoms with E-state index < -0.39 is 22.8 Å². The molecule has 0 saturated heterocycles. The van der Waals surface area contributed by atoms with E-state index in [-0.39, 0.29) is 5.88 Å². The van der Waals surface area contributed by atoms with Gasteiger partial charge in [-0.25, -0.2) is 9.07 Å². The van der Waals surface area contributed by atoms with Gasteiger partial charge in [0, 0.05) is 0 Å². The van der Waals surface area contributed by atoms with Crippen LogP contribution >= 0.6 is 0 Å². The lowest BCUT2D eigenvalue weighted by atomic mass is 10.3. The van der Waals surface area contributed by atoms with Crippen LogP contribution in [0.2, 0.25) is 0 Å². The number of primary amides is 1. The maximum absolute atomic E-state index is 12.9. The number of amides is 1. The van der Waals surface area contributed by atoms with Gasteiger partial charge in [0.1, 0.15) is 5.82 Å². The average molecular weight is 277 g/mol. The number of hydrogen-bond donors (Lipinski definition) is 1. The molecule has 20 heavy (non-hydrogen) atoms. The number of carbonyl (C=O) groups is 1. The van der Waals surface area contributed by atoms with Crippen LogP contribution in [0.3, 0.4) is 0 Å². The molecule has 2 rings (SSSR count). The van der Waals surface area contributed by atoms with Crippen LogP contribution in [-0.4, -0.2) is 22.3 Å². The molecule has 104 valence electrons. The van der Waals surface area contributed by atoms with Gasteiger partial charge in [0.05, 0.1) is 18.4 Å². The van der Waals surface area contributed by atoms with Crippen molar-refractivity contribution < 1.29 is 13.9 Å². The van der Waals surface area contributed by atoms with Gasteiger partial charge in [0.15, 0.2) is 5.69 Å². The van der Waals surface area contributed by atoms with Crippen molar-refractivity contribution in [1.82, 2.24) is 9.78 Å². The minimum Gasteiger partial charge on any atom is -0.478 e. The molecule has 0 spiro atoms. The minimum absolute atomic E-state index is 0.147. The first-order valence-corrected chi connectivity index (χ1v) is 5.86. The van der Waals surface area contributed by atoms with Gasteiger partial charge in [-0.3, -0.25) is 9.59 Å². The number of nitrogens with zero attached hydrogens (tertiary/aromatic N) is 2. The lowest BCUT2D eigenvalue weighted by Gasteiger charge is -2.12. The van der Waals surface area contributed by atoms with Gasteiger partial charge in [0.2, 0.25) is 11.3 Å². The molecule has 2 aromatic rings. The molecular formula is C13H12FN3O3. The topological polar surface area (TPSA) is 87.2 Å². The van der Waals surface area contributed by atoms with Crippen molar-refractivity contribution in [2.24, 2.45) is 5.73 Å². The number of halogens is 1. The molecule has 0 bridgehead atoms. The fourth-order valence-electron chi connectivity index (χ4n) is 1.63. The predicted molar refractivity (Wildman–Crippen MR) is 69.5 cm³/mol. The van der Waals surface area contributed by atoms with E-state index in [0.29, 0.717) is 12.3 Å². The van der Waals surface area contributed by atoms with Crippen LogP contribution < -0.4 is 15.9 Å². The Bertz CT molecular complexity index is 695. The van der Waals surface area contributed by atoms with E-state index in [1.54, 1.807) is 6.92 Å². The van der Waals surface area contributed by atoms with Gasteiger partial charge in [0.25, 0.3) is 5.91 Å². The predicted octanol–water partition coefficient (Wildman–Crippen LogP) is 0.869. The molecule has 2 N–H and O–H groups in total. The number of rotatable bonds is 4. The summed E-state index contributed by atoms with van der Waals surface area (Å²) in [7, 11) is 0. The van der Waals surface area contributed by atoms with Crippen molar-refractivity contribution in [2.45, 2.75) is 6.92 Å². The molecule has 0 unspecified atom stereocenters. The Morgan fingerprint density at radius 3 is 2.60 bits per heavy atom. The number of hydrogen-bond acceptors (Lipinski definition) is 4. The molecular weight excluding hydrogens is 265 g/mol. The first-order valence-electron chi connectivity index (χ1n) is 5.86. The summed E-state index contributed by atoms with van der Waals surface area (Å²) in [5, 5.41) is 3.87. The van der Waals surface area contributed by atoms with Gasteiger partial charge in [-0.15, -0.1) is 0 Å². The Hall–Kier alpha value is -2.70. The molecule has 1 aromatic heterocycles. The van der Waals surface area contributed by atoms with Crippen molar-refractivity contribution in [2.75, 3.05) is 6.61 Å². The normalized spacial score (nSPS) is 10.3. The third kappa shape index (κ3) is 2.66. The average Bonchev–Trinajstić information content (AvgIpc) is 2.40. The Labute approximate surface area is 113 Å². The Balaban J connectivity index is 2.64. The quantitative estimate of drug-likeness (QED) is 0.898. The van der Waals surface area contributed by atoms with E-state index in [0.717, 1.165) is 6.07 Å². The van der Waals surface area contributed by atoms with E-state index >= 15 is 0 Å². The highest BCUT2D eigenvalue weighted by atomic mass is 19.1. The van der Waals surface area contributed by atoms with Crippen molar-refractivity contribution >= 4 is 5.91 Å². The van der Waals surface area contributed by atoms with E-state index in [1.165, 1.54) is 28.9 Å². The van der Waals surface area contributed by atoms with Gasteiger partial charge < -0.3 is 10.5 Å². The SMILES string of the molecule is CCOc1cc(=O)c(C(N)=O)nn1-c1ccc(F)cc1. The summed E-state index contributed by atoms with van der Waals surface area (Å²) >= 11 is 0. The largest absolute Gasteiger partial charge is 0.478 e. The summed E-state index contributed by atoms with van der Waals surface area (Å²) in [4.78, 5) is 22.9. The van der Waals surface area contributed by atoms with Gasteiger partial charge in [-0.05, 0) is 31.2 Å². The summed E-state index contributed by atoms with van der Waals surface area (Å²) in [5.74, 6) is -1.20. The van der Waals surface area contributed by atoms with Crippen LogP contribution in [0.15, 0.2) is 35.1 Å². The van der Waals surface area contributed by atoms with Gasteiger partial charge in [-0.2, -0.15) is 5.10 Å². The monoisotopic (exact) mass is 277 g/mol. The molecule has 0 aliphatic rings. The van der Waals surface area contributed by atoms with Crippen LogP contribution in [0.5, 0.6) is 5.88 Å². The molecule has 0 atom stereocenters. The van der Waals surface area contributed by atoms with Crippen LogP contribution in [0.4, 0.5) is 4.39 Å². The highest BCUT2D eigenvalue weighted by molar-refractivity contribution is 5.90. The third-order valence-electron chi connectivity index (χ3n) is 2.49. The van der Waals surface area contributed by atoms with Crippen LogP contribution in [-0.2, 0) is 0 Å². The maximum Gasteiger partial charge on any atom is 0.273 e. The number of benzene rings is 1. The number of carbonyl (C=O) groups excluding carboxylic acids is 1. The summed E-state index contributed by atoms with van der Waals surface area (Å²) in [6, 6.07) is 6.48. The fourth-order valence-corrected chi connectivity index (χ4v) is 1.63. The zero-order valence-electron chi connectivity index (χ0n) is 10.7. The number of nitrogens with two attached hydrogens (primary N) is 1. The van der Waals surface area contributed by atoms with E-state index in [2.05, 4.69) is 5.10 Å². The second kappa shape index (κ2) is 5.52. The van der Waals surface area contributed by atoms with E-state index in [9.17, 15) is 14.0 Å². The first kappa shape index (κ1) is 13.7. The molecule has 0 aliphatic carbocycles. The Morgan fingerprint density at radius 2 is 2.05 bits per heavy atom. The standard InChI is InChI=1S/C13H12FN3O3/c1-2-20-11-7-10(18)12(13(15)19)16-17(11)9-5-3-8(14)4-6-9/h3-7H,2H2,1H3,(H2,15,19).